The molecule has 0 saturated carbocycles. The van der Waals surface area contributed by atoms with Crippen LogP contribution in [0.2, 0.25) is 0 Å². The van der Waals surface area contributed by atoms with Crippen LogP contribution in [0.4, 0.5) is 4.39 Å². The van der Waals surface area contributed by atoms with Crippen molar-refractivity contribution in [3.63, 3.8) is 0 Å². The van der Waals surface area contributed by atoms with E-state index in [9.17, 15) is 4.39 Å². The van der Waals surface area contributed by atoms with Crippen molar-refractivity contribution in [2.24, 2.45) is 0 Å². The van der Waals surface area contributed by atoms with Crippen molar-refractivity contribution >= 4 is 0 Å². The molecule has 1 unspecified atom stereocenters. The Bertz CT molecular complexity index is 335. The van der Waals surface area contributed by atoms with Gasteiger partial charge in [0, 0.05) is 12.1 Å². The molecule has 2 atom stereocenters. The molecule has 1 nitrogen and oxygen atoms in total. The standard InChI is InChI=1S/C12H16FN/c1-8-7-10(13)4-5-11(8)12-6-3-9(2)14-12/h4-5,7,9,12,14H,3,6H2,1-2H3/t9-,12?/m1/s1. The van der Waals surface area contributed by atoms with E-state index in [-0.39, 0.29) is 5.82 Å². The molecule has 1 heterocycles. The van der Waals surface area contributed by atoms with Crippen LogP contribution in [0, 0.1) is 12.7 Å². The van der Waals surface area contributed by atoms with Crippen LogP contribution in [0.25, 0.3) is 0 Å². The van der Waals surface area contributed by atoms with E-state index in [0.717, 1.165) is 12.0 Å². The molecule has 1 aliphatic heterocycles. The second kappa shape index (κ2) is 3.70. The van der Waals surface area contributed by atoms with Crippen LogP contribution < -0.4 is 5.32 Å². The van der Waals surface area contributed by atoms with E-state index in [1.807, 2.05) is 13.0 Å². The first-order valence-electron chi connectivity index (χ1n) is 5.19. The normalized spacial score (nSPS) is 26.8. The molecule has 0 aromatic heterocycles. The van der Waals surface area contributed by atoms with E-state index in [0.29, 0.717) is 12.1 Å². The largest absolute Gasteiger partial charge is 0.307 e. The lowest BCUT2D eigenvalue weighted by Gasteiger charge is -2.14. The second-order valence-corrected chi connectivity index (χ2v) is 4.20. The maximum absolute atomic E-state index is 12.9. The topological polar surface area (TPSA) is 12.0 Å². The summed E-state index contributed by atoms with van der Waals surface area (Å²) in [6, 6.07) is 6.07. The van der Waals surface area contributed by atoms with E-state index >= 15 is 0 Å². The number of hydrogen-bond acceptors (Lipinski definition) is 1. The first-order valence-corrected chi connectivity index (χ1v) is 5.19. The predicted octanol–water partition coefficient (Wildman–Crippen LogP) is 2.95. The fourth-order valence-electron chi connectivity index (χ4n) is 2.20. The first kappa shape index (κ1) is 9.66. The molecule has 1 fully saturated rings. The Morgan fingerprint density at radius 2 is 2.14 bits per heavy atom. The molecule has 1 aromatic rings. The number of aryl methyl sites for hydroxylation is 1. The molecule has 1 aromatic carbocycles. The third-order valence-electron chi connectivity index (χ3n) is 2.98. The molecule has 14 heavy (non-hydrogen) atoms. The van der Waals surface area contributed by atoms with Gasteiger partial charge in [0.1, 0.15) is 5.82 Å². The van der Waals surface area contributed by atoms with E-state index in [1.165, 1.54) is 12.0 Å². The second-order valence-electron chi connectivity index (χ2n) is 4.20. The molecular weight excluding hydrogens is 177 g/mol. The van der Waals surface area contributed by atoms with Gasteiger partial charge in [0.2, 0.25) is 0 Å². The summed E-state index contributed by atoms with van der Waals surface area (Å²) in [5, 5.41) is 3.51. The van der Waals surface area contributed by atoms with Crippen LogP contribution >= 0.6 is 0 Å². The van der Waals surface area contributed by atoms with Crippen molar-refractivity contribution in [3.8, 4) is 0 Å². The minimum absolute atomic E-state index is 0.141. The van der Waals surface area contributed by atoms with Crippen molar-refractivity contribution in [1.29, 1.82) is 0 Å². The maximum atomic E-state index is 12.9. The smallest absolute Gasteiger partial charge is 0.123 e. The Kier molecular flexibility index (Phi) is 2.55. The van der Waals surface area contributed by atoms with Gasteiger partial charge >= 0.3 is 0 Å². The third kappa shape index (κ3) is 1.80. The molecular formula is C12H16FN. The van der Waals surface area contributed by atoms with E-state index in [1.54, 1.807) is 12.1 Å². The third-order valence-corrected chi connectivity index (χ3v) is 2.98. The van der Waals surface area contributed by atoms with Crippen LogP contribution in [0.3, 0.4) is 0 Å². The summed E-state index contributed by atoms with van der Waals surface area (Å²) in [6.45, 7) is 4.17. The van der Waals surface area contributed by atoms with Gasteiger partial charge < -0.3 is 5.32 Å². The van der Waals surface area contributed by atoms with Gasteiger partial charge in [-0.3, -0.25) is 0 Å². The fraction of sp³-hybridized carbons (Fsp3) is 0.500. The lowest BCUT2D eigenvalue weighted by Crippen LogP contribution is -2.21. The van der Waals surface area contributed by atoms with Crippen molar-refractivity contribution in [3.05, 3.63) is 35.1 Å². The average Bonchev–Trinajstić information content (AvgIpc) is 2.51. The number of nitrogens with one attached hydrogen (secondary N) is 1. The van der Waals surface area contributed by atoms with Crippen LogP contribution in [-0.2, 0) is 0 Å². The molecule has 2 heteroatoms. The molecule has 76 valence electrons. The van der Waals surface area contributed by atoms with Gasteiger partial charge in [-0.25, -0.2) is 4.39 Å². The van der Waals surface area contributed by atoms with Crippen molar-refractivity contribution in [2.75, 3.05) is 0 Å². The summed E-state index contributed by atoms with van der Waals surface area (Å²) in [5.74, 6) is -0.141. The Hall–Kier alpha value is -0.890. The highest BCUT2D eigenvalue weighted by Crippen LogP contribution is 2.28. The molecule has 0 spiro atoms. The summed E-state index contributed by atoms with van der Waals surface area (Å²) in [4.78, 5) is 0. The van der Waals surface area contributed by atoms with Gasteiger partial charge in [-0.1, -0.05) is 6.07 Å². The van der Waals surface area contributed by atoms with E-state index in [2.05, 4.69) is 12.2 Å². The van der Waals surface area contributed by atoms with Crippen molar-refractivity contribution in [2.45, 2.75) is 38.8 Å². The Balaban J connectivity index is 2.24. The minimum Gasteiger partial charge on any atom is -0.307 e. The highest BCUT2D eigenvalue weighted by molar-refractivity contribution is 5.30. The molecule has 1 N–H and O–H groups in total. The van der Waals surface area contributed by atoms with E-state index < -0.39 is 0 Å². The zero-order valence-electron chi connectivity index (χ0n) is 8.68. The Morgan fingerprint density at radius 1 is 1.36 bits per heavy atom. The monoisotopic (exact) mass is 193 g/mol. The van der Waals surface area contributed by atoms with Crippen LogP contribution in [-0.4, -0.2) is 6.04 Å². The maximum Gasteiger partial charge on any atom is 0.123 e. The molecule has 1 saturated heterocycles. The van der Waals surface area contributed by atoms with Gasteiger partial charge in [-0.15, -0.1) is 0 Å². The summed E-state index contributed by atoms with van der Waals surface area (Å²) in [6.07, 6.45) is 2.37. The zero-order valence-corrected chi connectivity index (χ0v) is 8.68. The number of rotatable bonds is 1. The minimum atomic E-state index is -0.141. The van der Waals surface area contributed by atoms with Gasteiger partial charge in [-0.05, 0) is 49.9 Å². The number of benzene rings is 1. The Labute approximate surface area is 84.3 Å². The average molecular weight is 193 g/mol. The number of hydrogen-bond donors (Lipinski definition) is 1. The van der Waals surface area contributed by atoms with E-state index in [4.69, 9.17) is 0 Å². The van der Waals surface area contributed by atoms with Crippen molar-refractivity contribution in [1.82, 2.24) is 5.32 Å². The van der Waals surface area contributed by atoms with Crippen LogP contribution in [0.1, 0.15) is 36.9 Å². The summed E-state index contributed by atoms with van der Waals surface area (Å²) in [5.41, 5.74) is 2.30. The van der Waals surface area contributed by atoms with Crippen LogP contribution in [0.5, 0.6) is 0 Å². The number of halogens is 1. The quantitative estimate of drug-likeness (QED) is 0.723. The van der Waals surface area contributed by atoms with Gasteiger partial charge in [0.15, 0.2) is 0 Å². The lowest BCUT2D eigenvalue weighted by molar-refractivity contribution is 0.578. The SMILES string of the molecule is Cc1cc(F)ccc1C1CC[C@@H](C)N1. The molecule has 0 radical (unpaired) electrons. The highest BCUT2D eigenvalue weighted by atomic mass is 19.1. The van der Waals surface area contributed by atoms with Gasteiger partial charge in [0.25, 0.3) is 0 Å². The Morgan fingerprint density at radius 3 is 2.71 bits per heavy atom. The summed E-state index contributed by atoms with van der Waals surface area (Å²) >= 11 is 0. The lowest BCUT2D eigenvalue weighted by atomic mass is 10.00. The molecule has 0 amide bonds. The van der Waals surface area contributed by atoms with Gasteiger partial charge in [0.05, 0.1) is 0 Å². The molecule has 1 aliphatic rings. The van der Waals surface area contributed by atoms with Gasteiger partial charge in [-0.2, -0.15) is 0 Å². The molecule has 2 rings (SSSR count). The van der Waals surface area contributed by atoms with Crippen LogP contribution in [0.15, 0.2) is 18.2 Å². The molecule has 0 bridgehead atoms. The summed E-state index contributed by atoms with van der Waals surface area (Å²) < 4.78 is 12.9. The summed E-state index contributed by atoms with van der Waals surface area (Å²) in [7, 11) is 0. The zero-order chi connectivity index (χ0) is 10.1. The predicted molar refractivity (Wildman–Crippen MR) is 55.7 cm³/mol. The molecule has 0 aliphatic carbocycles. The fourth-order valence-corrected chi connectivity index (χ4v) is 2.20. The van der Waals surface area contributed by atoms with Crippen molar-refractivity contribution < 1.29 is 4.39 Å². The highest BCUT2D eigenvalue weighted by Gasteiger charge is 2.22. The first-order chi connectivity index (χ1) is 6.66.